The van der Waals surface area contributed by atoms with Crippen LogP contribution < -0.4 is 10.2 Å². The second kappa shape index (κ2) is 6.04. The lowest BCUT2D eigenvalue weighted by Gasteiger charge is -2.10. The van der Waals surface area contributed by atoms with Gasteiger partial charge in [0.25, 0.3) is 0 Å². The molecule has 0 saturated carbocycles. The van der Waals surface area contributed by atoms with Crippen molar-refractivity contribution in [2.45, 2.75) is 6.92 Å². The van der Waals surface area contributed by atoms with Crippen molar-refractivity contribution in [3.8, 4) is 5.75 Å². The Morgan fingerprint density at radius 3 is 2.53 bits per heavy atom. The Balaban J connectivity index is 2.64. The molecular weight excluding hydrogens is 243 g/mol. The van der Waals surface area contributed by atoms with Crippen molar-refractivity contribution in [2.24, 2.45) is 0 Å². The highest BCUT2D eigenvalue weighted by atomic mass is 32.2. The lowest BCUT2D eigenvalue weighted by atomic mass is 9.80. The Bertz CT molecular complexity index is 458. The average molecular weight is 258 g/mol. The summed E-state index contributed by atoms with van der Waals surface area (Å²) in [5.74, 6) is 0.272. The Kier molecular flexibility index (Phi) is 4.98. The molecule has 0 aliphatic heterocycles. The zero-order chi connectivity index (χ0) is 12.9. The summed E-state index contributed by atoms with van der Waals surface area (Å²) in [5.41, 5.74) is 0.224. The van der Waals surface area contributed by atoms with E-state index in [-0.39, 0.29) is 29.3 Å². The van der Waals surface area contributed by atoms with Crippen LogP contribution in [0.1, 0.15) is 6.92 Å². The fraction of sp³-hybridized carbons (Fsp3) is 0.400. The van der Waals surface area contributed by atoms with E-state index in [4.69, 9.17) is 14.8 Å². The third-order valence-corrected chi connectivity index (χ3v) is 3.96. The summed E-state index contributed by atoms with van der Waals surface area (Å²) in [6, 6.07) is 6.39. The highest BCUT2D eigenvalue weighted by Crippen LogP contribution is 2.07. The summed E-state index contributed by atoms with van der Waals surface area (Å²) < 4.78 is 27.7. The molecule has 1 rings (SSSR count). The Hall–Kier alpha value is -1.05. The lowest BCUT2D eigenvalue weighted by molar-refractivity contribution is 0.340. The third-order valence-electron chi connectivity index (χ3n) is 2.29. The molecule has 7 heteroatoms. The first-order valence-electron chi connectivity index (χ1n) is 5.24. The molecule has 0 atom stereocenters. The number of hydrogen-bond acceptors (Lipinski definition) is 5. The van der Waals surface area contributed by atoms with Crippen molar-refractivity contribution < 1.29 is 23.2 Å². The molecule has 0 spiro atoms. The van der Waals surface area contributed by atoms with Crippen LogP contribution in [0.4, 0.5) is 0 Å². The summed E-state index contributed by atoms with van der Waals surface area (Å²) in [5, 5.41) is 18.1. The standard InChI is InChI=1S/C10H15BO5S/c1-2-17(14,15)8-7-16-10-6-4-3-5-9(10)11(12)13/h3-6,12-13H,2,7-8H2,1H3. The van der Waals surface area contributed by atoms with Gasteiger partial charge in [-0.15, -0.1) is 0 Å². The van der Waals surface area contributed by atoms with Crippen LogP contribution in [0.3, 0.4) is 0 Å². The molecule has 0 saturated heterocycles. The minimum Gasteiger partial charge on any atom is -0.493 e. The maximum Gasteiger partial charge on any atom is 0.492 e. The zero-order valence-corrected chi connectivity index (χ0v) is 10.4. The first-order chi connectivity index (χ1) is 7.96. The van der Waals surface area contributed by atoms with Gasteiger partial charge in [0, 0.05) is 11.2 Å². The largest absolute Gasteiger partial charge is 0.493 e. The molecular formula is C10H15BO5S. The van der Waals surface area contributed by atoms with Crippen LogP contribution in [0, 0.1) is 0 Å². The molecule has 0 aromatic heterocycles. The van der Waals surface area contributed by atoms with Crippen molar-refractivity contribution in [1.29, 1.82) is 0 Å². The second-order valence-electron chi connectivity index (χ2n) is 3.50. The molecule has 2 N–H and O–H groups in total. The molecule has 0 unspecified atom stereocenters. The molecule has 17 heavy (non-hydrogen) atoms. The van der Waals surface area contributed by atoms with Crippen LogP contribution in [-0.2, 0) is 9.84 Å². The molecule has 5 nitrogen and oxygen atoms in total. The predicted octanol–water partition coefficient (Wildman–Crippen LogP) is -0.820. The third kappa shape index (κ3) is 4.37. The van der Waals surface area contributed by atoms with Gasteiger partial charge >= 0.3 is 7.12 Å². The van der Waals surface area contributed by atoms with E-state index < -0.39 is 17.0 Å². The molecule has 0 heterocycles. The van der Waals surface area contributed by atoms with E-state index in [1.54, 1.807) is 25.1 Å². The van der Waals surface area contributed by atoms with Gasteiger partial charge < -0.3 is 14.8 Å². The van der Waals surface area contributed by atoms with Gasteiger partial charge in [0.15, 0.2) is 9.84 Å². The van der Waals surface area contributed by atoms with Gasteiger partial charge in [-0.1, -0.05) is 25.1 Å². The van der Waals surface area contributed by atoms with Crippen LogP contribution in [0.25, 0.3) is 0 Å². The monoisotopic (exact) mass is 258 g/mol. The number of ether oxygens (including phenoxy) is 1. The van der Waals surface area contributed by atoms with E-state index in [0.29, 0.717) is 0 Å². The van der Waals surface area contributed by atoms with Crippen molar-refractivity contribution in [1.82, 2.24) is 0 Å². The van der Waals surface area contributed by atoms with E-state index in [1.165, 1.54) is 6.07 Å². The van der Waals surface area contributed by atoms with Crippen LogP contribution in [0.5, 0.6) is 5.75 Å². The fourth-order valence-electron chi connectivity index (χ4n) is 1.25. The summed E-state index contributed by atoms with van der Waals surface area (Å²) in [7, 11) is -4.70. The number of rotatable bonds is 6. The van der Waals surface area contributed by atoms with Gasteiger partial charge in [-0.3, -0.25) is 0 Å². The Morgan fingerprint density at radius 2 is 1.94 bits per heavy atom. The molecule has 0 aliphatic rings. The SMILES string of the molecule is CCS(=O)(=O)CCOc1ccccc1B(O)O. The molecule has 0 radical (unpaired) electrons. The summed E-state index contributed by atoms with van der Waals surface area (Å²) in [4.78, 5) is 0. The van der Waals surface area contributed by atoms with Crippen molar-refractivity contribution in [3.05, 3.63) is 24.3 Å². The van der Waals surface area contributed by atoms with E-state index in [2.05, 4.69) is 0 Å². The molecule has 0 bridgehead atoms. The van der Waals surface area contributed by atoms with Crippen molar-refractivity contribution in [3.63, 3.8) is 0 Å². The van der Waals surface area contributed by atoms with Gasteiger partial charge in [0.05, 0.1) is 5.75 Å². The quantitative estimate of drug-likeness (QED) is 0.651. The maximum atomic E-state index is 11.2. The molecule has 0 amide bonds. The summed E-state index contributed by atoms with van der Waals surface area (Å²) in [6.45, 7) is 1.57. The molecule has 0 fully saturated rings. The average Bonchev–Trinajstić information content (AvgIpc) is 2.29. The number of sulfone groups is 1. The van der Waals surface area contributed by atoms with Gasteiger partial charge in [0.2, 0.25) is 0 Å². The van der Waals surface area contributed by atoms with Crippen molar-refractivity contribution >= 4 is 22.4 Å². The van der Waals surface area contributed by atoms with E-state index >= 15 is 0 Å². The normalized spacial score (nSPS) is 11.2. The first-order valence-corrected chi connectivity index (χ1v) is 7.06. The van der Waals surface area contributed by atoms with Gasteiger partial charge in [-0.05, 0) is 6.07 Å². The minimum absolute atomic E-state index is 0.0000926. The fourth-order valence-corrected chi connectivity index (χ4v) is 1.87. The van der Waals surface area contributed by atoms with Crippen LogP contribution in [0.15, 0.2) is 24.3 Å². The van der Waals surface area contributed by atoms with Crippen LogP contribution in [-0.4, -0.2) is 43.7 Å². The van der Waals surface area contributed by atoms with Gasteiger partial charge in [-0.25, -0.2) is 8.42 Å². The van der Waals surface area contributed by atoms with Gasteiger partial charge in [0.1, 0.15) is 12.4 Å². The Labute approximate surface area is 101 Å². The minimum atomic E-state index is -3.07. The van der Waals surface area contributed by atoms with E-state index in [1.807, 2.05) is 0 Å². The van der Waals surface area contributed by atoms with E-state index in [0.717, 1.165) is 0 Å². The van der Waals surface area contributed by atoms with E-state index in [9.17, 15) is 8.42 Å². The number of benzene rings is 1. The summed E-state index contributed by atoms with van der Waals surface area (Å²) >= 11 is 0. The molecule has 94 valence electrons. The topological polar surface area (TPSA) is 83.8 Å². The Morgan fingerprint density at radius 1 is 1.29 bits per heavy atom. The zero-order valence-electron chi connectivity index (χ0n) is 9.54. The van der Waals surface area contributed by atoms with Gasteiger partial charge in [-0.2, -0.15) is 0 Å². The smallest absolute Gasteiger partial charge is 0.492 e. The predicted molar refractivity (Wildman–Crippen MR) is 66.1 cm³/mol. The number of para-hydroxylation sites is 1. The molecule has 1 aromatic rings. The lowest BCUT2D eigenvalue weighted by Crippen LogP contribution is -2.31. The highest BCUT2D eigenvalue weighted by Gasteiger charge is 2.16. The van der Waals surface area contributed by atoms with Crippen LogP contribution in [0.2, 0.25) is 0 Å². The summed E-state index contributed by atoms with van der Waals surface area (Å²) in [6.07, 6.45) is 0. The number of hydrogen-bond donors (Lipinski definition) is 2. The highest BCUT2D eigenvalue weighted by molar-refractivity contribution is 7.91. The first kappa shape index (κ1) is 14.0. The molecule has 0 aliphatic carbocycles. The molecule has 1 aromatic carbocycles. The maximum absolute atomic E-state index is 11.2. The van der Waals surface area contributed by atoms with Crippen LogP contribution >= 0.6 is 0 Å². The second-order valence-corrected chi connectivity index (χ2v) is 5.97. The van der Waals surface area contributed by atoms with Crippen molar-refractivity contribution in [2.75, 3.05) is 18.1 Å².